The first-order valence-corrected chi connectivity index (χ1v) is 5.71. The average molecular weight is 228 g/mol. The summed E-state index contributed by atoms with van der Waals surface area (Å²) in [5.41, 5.74) is 7.58. The molecule has 4 heteroatoms. The predicted molar refractivity (Wildman–Crippen MR) is 72.1 cm³/mol. The molecule has 88 valence electrons. The van der Waals surface area contributed by atoms with E-state index in [-0.39, 0.29) is 0 Å². The van der Waals surface area contributed by atoms with Gasteiger partial charge in [0.05, 0.1) is 17.4 Å². The first kappa shape index (κ1) is 11.4. The van der Waals surface area contributed by atoms with Crippen LogP contribution in [-0.2, 0) is 0 Å². The third kappa shape index (κ3) is 2.93. The van der Waals surface area contributed by atoms with Crippen molar-refractivity contribution in [3.8, 4) is 0 Å². The predicted octanol–water partition coefficient (Wildman–Crippen LogP) is 2.37. The first-order chi connectivity index (χ1) is 8.29. The summed E-state index contributed by atoms with van der Waals surface area (Å²) >= 11 is 0. The van der Waals surface area contributed by atoms with E-state index in [1.165, 1.54) is 0 Å². The summed E-state index contributed by atoms with van der Waals surface area (Å²) in [6, 6.07) is 9.97. The Morgan fingerprint density at radius 1 is 1.41 bits per heavy atom. The number of aromatic nitrogens is 1. The molecular weight excluding hydrogens is 212 g/mol. The summed E-state index contributed by atoms with van der Waals surface area (Å²) in [6.07, 6.45) is 2.75. The number of para-hydroxylation sites is 1. The highest BCUT2D eigenvalue weighted by molar-refractivity contribution is 5.94. The van der Waals surface area contributed by atoms with Gasteiger partial charge < -0.3 is 11.1 Å². The highest BCUT2D eigenvalue weighted by Crippen LogP contribution is 2.15. The molecule has 0 amide bonds. The zero-order valence-corrected chi connectivity index (χ0v) is 9.85. The van der Waals surface area contributed by atoms with Crippen LogP contribution in [0.15, 0.2) is 41.5 Å². The van der Waals surface area contributed by atoms with Crippen molar-refractivity contribution in [2.24, 2.45) is 10.7 Å². The fourth-order valence-electron chi connectivity index (χ4n) is 1.56. The fraction of sp³-hybridized carbons (Fsp3) is 0.231. The zero-order chi connectivity index (χ0) is 12.1. The number of hydrogen-bond donors (Lipinski definition) is 2. The first-order valence-electron chi connectivity index (χ1n) is 5.71. The van der Waals surface area contributed by atoms with Crippen LogP contribution in [0.1, 0.15) is 13.3 Å². The average Bonchev–Trinajstić information content (AvgIpc) is 2.36. The van der Waals surface area contributed by atoms with Crippen LogP contribution in [0.4, 0.5) is 5.69 Å². The maximum Gasteiger partial charge on any atom is 0.193 e. The molecule has 0 atom stereocenters. The summed E-state index contributed by atoms with van der Waals surface area (Å²) in [7, 11) is 0. The molecule has 0 fully saturated rings. The monoisotopic (exact) mass is 228 g/mol. The van der Waals surface area contributed by atoms with Crippen molar-refractivity contribution >= 4 is 22.5 Å². The molecule has 1 aromatic heterocycles. The van der Waals surface area contributed by atoms with Crippen molar-refractivity contribution in [2.45, 2.75) is 13.3 Å². The van der Waals surface area contributed by atoms with Gasteiger partial charge in [-0.1, -0.05) is 25.1 Å². The van der Waals surface area contributed by atoms with Crippen LogP contribution in [0.25, 0.3) is 10.9 Å². The van der Waals surface area contributed by atoms with Gasteiger partial charge in [-0.15, -0.1) is 0 Å². The highest BCUT2D eigenvalue weighted by atomic mass is 15.1. The molecule has 0 bridgehead atoms. The summed E-state index contributed by atoms with van der Waals surface area (Å²) in [5.74, 6) is 0.434. The van der Waals surface area contributed by atoms with Gasteiger partial charge in [-0.25, -0.2) is 0 Å². The Hall–Kier alpha value is -2.10. The van der Waals surface area contributed by atoms with E-state index >= 15 is 0 Å². The van der Waals surface area contributed by atoms with Gasteiger partial charge in [-0.3, -0.25) is 9.98 Å². The minimum absolute atomic E-state index is 0.434. The van der Waals surface area contributed by atoms with Gasteiger partial charge in [0, 0.05) is 11.9 Å². The molecule has 0 aliphatic carbocycles. The molecule has 0 saturated heterocycles. The quantitative estimate of drug-likeness (QED) is 0.626. The van der Waals surface area contributed by atoms with Crippen molar-refractivity contribution in [3.05, 3.63) is 36.5 Å². The lowest BCUT2D eigenvalue weighted by molar-refractivity contribution is 0.929. The minimum Gasteiger partial charge on any atom is -0.370 e. The topological polar surface area (TPSA) is 63.3 Å². The van der Waals surface area contributed by atoms with Gasteiger partial charge in [0.1, 0.15) is 0 Å². The number of nitrogens with one attached hydrogen (secondary N) is 1. The molecule has 1 aromatic carbocycles. The Morgan fingerprint density at radius 2 is 2.24 bits per heavy atom. The number of guanidine groups is 1. The van der Waals surface area contributed by atoms with Crippen LogP contribution in [-0.4, -0.2) is 17.5 Å². The molecule has 2 rings (SSSR count). The molecule has 0 aliphatic heterocycles. The van der Waals surface area contributed by atoms with E-state index < -0.39 is 0 Å². The summed E-state index contributed by atoms with van der Waals surface area (Å²) in [6.45, 7) is 2.80. The van der Waals surface area contributed by atoms with Crippen LogP contribution in [0, 0.1) is 0 Å². The lowest BCUT2D eigenvalue weighted by Gasteiger charge is -2.06. The highest BCUT2D eigenvalue weighted by Gasteiger charge is 1.98. The van der Waals surface area contributed by atoms with Gasteiger partial charge in [-0.2, -0.15) is 0 Å². The molecule has 0 spiro atoms. The fourth-order valence-corrected chi connectivity index (χ4v) is 1.56. The smallest absolute Gasteiger partial charge is 0.193 e. The van der Waals surface area contributed by atoms with E-state index in [4.69, 9.17) is 5.73 Å². The Morgan fingerprint density at radius 3 is 3.06 bits per heavy atom. The third-order valence-corrected chi connectivity index (χ3v) is 2.37. The Bertz CT molecular complexity index is 534. The van der Waals surface area contributed by atoms with Crippen LogP contribution < -0.4 is 11.1 Å². The normalized spacial score (nSPS) is 11.7. The minimum atomic E-state index is 0.434. The van der Waals surface area contributed by atoms with Crippen molar-refractivity contribution in [3.63, 3.8) is 0 Å². The summed E-state index contributed by atoms with van der Waals surface area (Å²) in [5, 5.41) is 4.12. The summed E-state index contributed by atoms with van der Waals surface area (Å²) in [4.78, 5) is 8.51. The number of fused-ring (bicyclic) bond motifs is 1. The number of anilines is 1. The third-order valence-electron chi connectivity index (χ3n) is 2.37. The Kier molecular flexibility index (Phi) is 3.55. The molecular formula is C13H16N4. The van der Waals surface area contributed by atoms with Crippen LogP contribution in [0.5, 0.6) is 0 Å². The maximum absolute atomic E-state index is 5.75. The summed E-state index contributed by atoms with van der Waals surface area (Å²) < 4.78 is 0. The van der Waals surface area contributed by atoms with Gasteiger partial charge in [0.2, 0.25) is 0 Å². The number of rotatable bonds is 3. The van der Waals surface area contributed by atoms with Crippen LogP contribution in [0.2, 0.25) is 0 Å². The number of nitrogens with two attached hydrogens (primary N) is 1. The lowest BCUT2D eigenvalue weighted by Crippen LogP contribution is -2.22. The Labute approximate surface area is 101 Å². The maximum atomic E-state index is 5.75. The van der Waals surface area contributed by atoms with Gasteiger partial charge >= 0.3 is 0 Å². The number of pyridine rings is 1. The SMILES string of the molecule is CCCN=C(N)Nc1cnc2ccccc2c1. The van der Waals surface area contributed by atoms with E-state index in [1.54, 1.807) is 6.20 Å². The second kappa shape index (κ2) is 5.30. The second-order valence-electron chi connectivity index (χ2n) is 3.81. The number of nitrogens with zero attached hydrogens (tertiary/aromatic N) is 2. The number of benzene rings is 1. The molecule has 2 aromatic rings. The van der Waals surface area contributed by atoms with Crippen molar-refractivity contribution < 1.29 is 0 Å². The van der Waals surface area contributed by atoms with Crippen LogP contribution >= 0.6 is 0 Å². The molecule has 0 saturated carbocycles. The van der Waals surface area contributed by atoms with E-state index in [2.05, 4.69) is 22.2 Å². The van der Waals surface area contributed by atoms with E-state index in [0.717, 1.165) is 29.6 Å². The largest absolute Gasteiger partial charge is 0.370 e. The number of aliphatic imine (C=N–C) groups is 1. The van der Waals surface area contributed by atoms with E-state index in [9.17, 15) is 0 Å². The van der Waals surface area contributed by atoms with Crippen molar-refractivity contribution in [2.75, 3.05) is 11.9 Å². The van der Waals surface area contributed by atoms with Gasteiger partial charge in [0.15, 0.2) is 5.96 Å². The van der Waals surface area contributed by atoms with Gasteiger partial charge in [0.25, 0.3) is 0 Å². The molecule has 1 heterocycles. The Balaban J connectivity index is 2.19. The number of hydrogen-bond acceptors (Lipinski definition) is 2. The molecule has 0 aliphatic rings. The molecule has 3 N–H and O–H groups in total. The molecule has 4 nitrogen and oxygen atoms in total. The standard InChI is InChI=1S/C13H16N4/c1-2-7-15-13(14)17-11-8-10-5-3-4-6-12(10)16-9-11/h3-6,8-9H,2,7H2,1H3,(H3,14,15,17). The van der Waals surface area contributed by atoms with Crippen LogP contribution in [0.3, 0.4) is 0 Å². The lowest BCUT2D eigenvalue weighted by atomic mass is 10.2. The van der Waals surface area contributed by atoms with Gasteiger partial charge in [-0.05, 0) is 18.6 Å². The van der Waals surface area contributed by atoms with E-state index in [0.29, 0.717) is 5.96 Å². The second-order valence-corrected chi connectivity index (χ2v) is 3.81. The zero-order valence-electron chi connectivity index (χ0n) is 9.85. The van der Waals surface area contributed by atoms with E-state index in [1.807, 2.05) is 30.3 Å². The van der Waals surface area contributed by atoms with Crippen molar-refractivity contribution in [1.29, 1.82) is 0 Å². The van der Waals surface area contributed by atoms with Crippen molar-refractivity contribution in [1.82, 2.24) is 4.98 Å². The molecule has 0 unspecified atom stereocenters. The molecule has 17 heavy (non-hydrogen) atoms. The molecule has 0 radical (unpaired) electrons.